The average Bonchev–Trinajstić information content (AvgIpc) is 3.21. The number of carboxylic acids is 2. The van der Waals surface area contributed by atoms with Gasteiger partial charge >= 0.3 is 11.9 Å². The van der Waals surface area contributed by atoms with Crippen LogP contribution < -0.4 is 39.1 Å². The van der Waals surface area contributed by atoms with Gasteiger partial charge in [0, 0.05) is 42.9 Å². The Kier molecular flexibility index (Phi) is 14.9. The topological polar surface area (TPSA) is 187 Å². The van der Waals surface area contributed by atoms with E-state index in [-0.39, 0.29) is 11.8 Å². The molecule has 1 unspecified atom stereocenters. The molecule has 1 fully saturated rings. The van der Waals surface area contributed by atoms with E-state index in [0.717, 1.165) is 48.3 Å². The van der Waals surface area contributed by atoms with Gasteiger partial charge < -0.3 is 54.2 Å². The Balaban J connectivity index is 0.000000757. The van der Waals surface area contributed by atoms with Gasteiger partial charge in [-0.15, -0.1) is 0 Å². The van der Waals surface area contributed by atoms with Crippen molar-refractivity contribution in [3.05, 3.63) is 90.3 Å². The van der Waals surface area contributed by atoms with E-state index in [9.17, 15) is 14.4 Å². The summed E-state index contributed by atoms with van der Waals surface area (Å²) in [5, 5.41) is 22.4. The Morgan fingerprint density at radius 2 is 1.36 bits per heavy atom. The van der Waals surface area contributed by atoms with Gasteiger partial charge in [0.1, 0.15) is 0 Å². The van der Waals surface area contributed by atoms with Crippen molar-refractivity contribution >= 4 is 17.8 Å². The first kappa shape index (κ1) is 41.5. The van der Waals surface area contributed by atoms with E-state index in [2.05, 4.69) is 26.6 Å². The zero-order chi connectivity index (χ0) is 40.0. The molecule has 2 aromatic carbocycles. The number of pyridine rings is 1. The summed E-state index contributed by atoms with van der Waals surface area (Å²) in [5.74, 6) is 0.873. The second-order valence-corrected chi connectivity index (χ2v) is 12.5. The van der Waals surface area contributed by atoms with Crippen molar-refractivity contribution in [3.8, 4) is 45.8 Å². The zero-order valence-electron chi connectivity index (χ0n) is 31.8. The van der Waals surface area contributed by atoms with Crippen LogP contribution in [0.25, 0.3) is 11.3 Å². The van der Waals surface area contributed by atoms with Crippen LogP contribution in [-0.4, -0.2) is 100 Å². The van der Waals surface area contributed by atoms with Crippen LogP contribution in [0.4, 0.5) is 0 Å². The van der Waals surface area contributed by atoms with E-state index in [1.807, 2.05) is 54.8 Å². The molecule has 1 aromatic heterocycles. The fourth-order valence-corrected chi connectivity index (χ4v) is 6.38. The molecule has 3 aromatic rings. The number of dihydropyridines is 1. The maximum absolute atomic E-state index is 13.3. The molecule has 5 rings (SSSR count). The van der Waals surface area contributed by atoms with Crippen molar-refractivity contribution in [2.24, 2.45) is 5.92 Å². The fourth-order valence-electron chi connectivity index (χ4n) is 6.38. The number of carbonyl (C=O) groups is 3. The quantitative estimate of drug-likeness (QED) is 0.160. The molecular formula is C40H48N4O11. The summed E-state index contributed by atoms with van der Waals surface area (Å²) in [7, 11) is 9.58. The maximum Gasteiger partial charge on any atom is 0.328 e. The molecule has 3 heterocycles. The second-order valence-electron chi connectivity index (χ2n) is 12.5. The van der Waals surface area contributed by atoms with Crippen LogP contribution in [0.15, 0.2) is 79.2 Å². The van der Waals surface area contributed by atoms with E-state index >= 15 is 0 Å². The largest absolute Gasteiger partial charge is 0.493 e. The van der Waals surface area contributed by atoms with E-state index < -0.39 is 17.5 Å². The van der Waals surface area contributed by atoms with Gasteiger partial charge in [0.15, 0.2) is 23.0 Å². The number of ether oxygens (including phenoxy) is 6. The minimum atomic E-state index is -1.26. The maximum atomic E-state index is 13.3. The molecule has 0 radical (unpaired) electrons. The van der Waals surface area contributed by atoms with E-state index in [1.54, 1.807) is 48.9 Å². The number of aromatic nitrogens is 1. The number of hydrogen-bond acceptors (Lipinski definition) is 12. The number of nitrogens with one attached hydrogen (secondary N) is 2. The van der Waals surface area contributed by atoms with Gasteiger partial charge in [0.05, 0.1) is 53.9 Å². The van der Waals surface area contributed by atoms with Crippen LogP contribution >= 0.6 is 0 Å². The standard InChI is InChI=1S/C36H44N4O7.C4H4O4/c1-42-29-18-26(19-30(43-2)33(29)46-5)28-17-24(9-14-37-28)22-38-35(41)25-10-15-40(16-11-25)23-36(12-7-8-13-39-36)27-20-31(44-3)34(47-6)32(21-27)45-4;5-3(6)1-2-4(7)8/h7-9,12-14,17-21,25,39H,10-11,15-16,22-23H2,1-6H3,(H,38,41);1-2H,(H,5,6)(H,7,8)/b;2-1-. The third kappa shape index (κ3) is 10.7. The molecule has 1 atom stereocenters. The lowest BCUT2D eigenvalue weighted by molar-refractivity contribution is -0.134. The average molecular weight is 761 g/mol. The monoisotopic (exact) mass is 760 g/mol. The lowest BCUT2D eigenvalue weighted by Crippen LogP contribution is -2.51. The number of amides is 1. The second kappa shape index (κ2) is 19.7. The number of aliphatic carboxylic acids is 2. The molecule has 4 N–H and O–H groups in total. The molecule has 294 valence electrons. The third-order valence-electron chi connectivity index (χ3n) is 9.16. The molecule has 0 bridgehead atoms. The highest BCUT2D eigenvalue weighted by atomic mass is 16.5. The van der Waals surface area contributed by atoms with Gasteiger partial charge in [-0.3, -0.25) is 9.78 Å². The Morgan fingerprint density at radius 3 is 1.84 bits per heavy atom. The van der Waals surface area contributed by atoms with Crippen LogP contribution in [0, 0.1) is 5.92 Å². The van der Waals surface area contributed by atoms with Crippen LogP contribution in [0.2, 0.25) is 0 Å². The van der Waals surface area contributed by atoms with Crippen molar-refractivity contribution in [1.29, 1.82) is 0 Å². The number of carbonyl (C=O) groups excluding carboxylic acids is 1. The highest BCUT2D eigenvalue weighted by Gasteiger charge is 2.36. The summed E-state index contributed by atoms with van der Waals surface area (Å²) in [6.07, 6.45) is 12.5. The smallest absolute Gasteiger partial charge is 0.328 e. The van der Waals surface area contributed by atoms with Gasteiger partial charge in [-0.1, -0.05) is 12.2 Å². The first-order valence-electron chi connectivity index (χ1n) is 17.3. The number of rotatable bonds is 15. The number of carboxylic acid groups (broad SMARTS) is 2. The Hall–Kier alpha value is -6.22. The third-order valence-corrected chi connectivity index (χ3v) is 9.16. The predicted octanol–water partition coefficient (Wildman–Crippen LogP) is 4.41. The number of piperidine rings is 1. The molecule has 0 spiro atoms. The predicted molar refractivity (Wildman–Crippen MR) is 204 cm³/mol. The first-order valence-corrected chi connectivity index (χ1v) is 17.3. The van der Waals surface area contributed by atoms with Crippen molar-refractivity contribution in [2.45, 2.75) is 24.9 Å². The fraction of sp³-hybridized carbons (Fsp3) is 0.350. The molecule has 2 aliphatic rings. The molecule has 55 heavy (non-hydrogen) atoms. The number of nitrogens with zero attached hydrogens (tertiary/aromatic N) is 2. The van der Waals surface area contributed by atoms with Crippen molar-refractivity contribution in [2.75, 3.05) is 62.3 Å². The summed E-state index contributed by atoms with van der Waals surface area (Å²) in [4.78, 5) is 39.3. The molecule has 1 saturated heterocycles. The van der Waals surface area contributed by atoms with E-state index in [4.69, 9.17) is 38.6 Å². The summed E-state index contributed by atoms with van der Waals surface area (Å²) in [5.41, 5.74) is 3.00. The summed E-state index contributed by atoms with van der Waals surface area (Å²) in [6, 6.07) is 11.6. The molecule has 0 saturated carbocycles. The van der Waals surface area contributed by atoms with Crippen molar-refractivity contribution < 1.29 is 53.0 Å². The number of hydrogen-bond donors (Lipinski definition) is 4. The summed E-state index contributed by atoms with van der Waals surface area (Å²) < 4.78 is 33.3. The number of likely N-dealkylation sites (tertiary alicyclic amines) is 1. The molecule has 0 aliphatic carbocycles. The lowest BCUT2D eigenvalue weighted by Gasteiger charge is -2.41. The minimum absolute atomic E-state index is 0.0606. The van der Waals surface area contributed by atoms with E-state index in [0.29, 0.717) is 59.7 Å². The Labute approximate surface area is 320 Å². The summed E-state index contributed by atoms with van der Waals surface area (Å²) in [6.45, 7) is 2.71. The van der Waals surface area contributed by atoms with Gasteiger partial charge in [-0.05, 0) is 85.7 Å². The van der Waals surface area contributed by atoms with Gasteiger partial charge in [0.2, 0.25) is 17.4 Å². The number of benzene rings is 2. The van der Waals surface area contributed by atoms with Crippen LogP contribution in [0.1, 0.15) is 24.0 Å². The van der Waals surface area contributed by atoms with E-state index in [1.165, 1.54) is 0 Å². The normalized spacial score (nSPS) is 16.6. The zero-order valence-corrected chi connectivity index (χ0v) is 31.8. The van der Waals surface area contributed by atoms with Crippen molar-refractivity contribution in [3.63, 3.8) is 0 Å². The molecular weight excluding hydrogens is 712 g/mol. The van der Waals surface area contributed by atoms with Crippen molar-refractivity contribution in [1.82, 2.24) is 20.5 Å². The lowest BCUT2D eigenvalue weighted by atomic mass is 9.85. The van der Waals surface area contributed by atoms with Crippen LogP contribution in [0.5, 0.6) is 34.5 Å². The molecule has 2 aliphatic heterocycles. The highest BCUT2D eigenvalue weighted by Crippen LogP contribution is 2.43. The molecule has 1 amide bonds. The van der Waals surface area contributed by atoms with Crippen LogP contribution in [-0.2, 0) is 26.5 Å². The number of allylic oxidation sites excluding steroid dienone is 2. The van der Waals surface area contributed by atoms with Gasteiger partial charge in [0.25, 0.3) is 0 Å². The SMILES string of the molecule is COc1cc(-c2cc(CNC(=O)C3CCN(CC4(c5cc(OC)c(OC)c(OC)c5)C=CC=CN4)CC3)ccn2)cc(OC)c1OC.O=C(O)/C=C\C(=O)O. The van der Waals surface area contributed by atoms with Gasteiger partial charge in [-0.2, -0.15) is 0 Å². The highest BCUT2D eigenvalue weighted by molar-refractivity contribution is 5.89. The first-order chi connectivity index (χ1) is 26.5. The van der Waals surface area contributed by atoms with Gasteiger partial charge in [-0.25, -0.2) is 9.59 Å². The minimum Gasteiger partial charge on any atom is -0.493 e. The molecule has 15 heteroatoms. The Bertz CT molecular complexity index is 1840. The Morgan fingerprint density at radius 1 is 0.818 bits per heavy atom. The molecule has 15 nitrogen and oxygen atoms in total. The number of methoxy groups -OCH3 is 6. The van der Waals surface area contributed by atoms with Crippen LogP contribution in [0.3, 0.4) is 0 Å². The summed E-state index contributed by atoms with van der Waals surface area (Å²) >= 11 is 0.